The van der Waals surface area contributed by atoms with Crippen molar-refractivity contribution in [3.8, 4) is 0 Å². The standard InChI is InChI=1S/C15H20ClN3O/c1-11-14(15(16)19(2)18-11)9-17-8-12-5-4-6-13(7-12)10-20-3/h4-7,17H,8-10H2,1-3H3. The molecule has 0 amide bonds. The third-order valence-electron chi connectivity index (χ3n) is 3.20. The molecule has 0 atom stereocenters. The summed E-state index contributed by atoms with van der Waals surface area (Å²) in [4.78, 5) is 0. The number of aryl methyl sites for hydroxylation is 2. The molecule has 5 heteroatoms. The van der Waals surface area contributed by atoms with Crippen LogP contribution in [0.1, 0.15) is 22.4 Å². The van der Waals surface area contributed by atoms with Crippen molar-refractivity contribution in [1.29, 1.82) is 0 Å². The summed E-state index contributed by atoms with van der Waals surface area (Å²) < 4.78 is 6.84. The first-order valence-electron chi connectivity index (χ1n) is 6.57. The SMILES string of the molecule is COCc1cccc(CNCc2c(C)nn(C)c2Cl)c1. The van der Waals surface area contributed by atoms with Crippen molar-refractivity contribution in [2.24, 2.45) is 7.05 Å². The van der Waals surface area contributed by atoms with Crippen molar-refractivity contribution in [2.45, 2.75) is 26.6 Å². The number of methoxy groups -OCH3 is 1. The van der Waals surface area contributed by atoms with Crippen molar-refractivity contribution >= 4 is 11.6 Å². The molecule has 0 unspecified atom stereocenters. The van der Waals surface area contributed by atoms with Crippen LogP contribution in [0.4, 0.5) is 0 Å². The molecule has 0 aliphatic rings. The number of nitrogens with zero attached hydrogens (tertiary/aromatic N) is 2. The van der Waals surface area contributed by atoms with Crippen LogP contribution in [-0.2, 0) is 31.5 Å². The van der Waals surface area contributed by atoms with Crippen molar-refractivity contribution in [2.75, 3.05) is 7.11 Å². The zero-order valence-electron chi connectivity index (χ0n) is 12.1. The molecule has 108 valence electrons. The number of aromatic nitrogens is 2. The van der Waals surface area contributed by atoms with Crippen LogP contribution in [0.15, 0.2) is 24.3 Å². The number of halogens is 1. The first kappa shape index (κ1) is 15.0. The molecule has 20 heavy (non-hydrogen) atoms. The maximum atomic E-state index is 6.21. The Bertz CT molecular complexity index is 580. The fraction of sp³-hybridized carbons (Fsp3) is 0.400. The van der Waals surface area contributed by atoms with Crippen LogP contribution in [0.3, 0.4) is 0 Å². The Hall–Kier alpha value is -1.36. The second kappa shape index (κ2) is 6.88. The van der Waals surface area contributed by atoms with Gasteiger partial charge in [0.15, 0.2) is 0 Å². The van der Waals surface area contributed by atoms with Crippen LogP contribution in [0.25, 0.3) is 0 Å². The minimum absolute atomic E-state index is 0.640. The Kier molecular flexibility index (Phi) is 5.17. The van der Waals surface area contributed by atoms with Crippen LogP contribution in [0.5, 0.6) is 0 Å². The molecule has 0 aliphatic heterocycles. The zero-order valence-corrected chi connectivity index (χ0v) is 12.9. The molecule has 0 spiro atoms. The molecule has 4 nitrogen and oxygen atoms in total. The normalized spacial score (nSPS) is 11.0. The Morgan fingerprint density at radius 1 is 1.30 bits per heavy atom. The quantitative estimate of drug-likeness (QED) is 0.890. The molecule has 1 aromatic carbocycles. The molecule has 1 aromatic heterocycles. The number of hydrogen-bond donors (Lipinski definition) is 1. The van der Waals surface area contributed by atoms with Crippen molar-refractivity contribution in [3.05, 3.63) is 51.8 Å². The van der Waals surface area contributed by atoms with E-state index in [0.717, 1.165) is 17.8 Å². The Morgan fingerprint density at radius 3 is 2.70 bits per heavy atom. The van der Waals surface area contributed by atoms with E-state index in [2.05, 4.69) is 28.6 Å². The summed E-state index contributed by atoms with van der Waals surface area (Å²) in [5, 5.41) is 8.40. The number of hydrogen-bond acceptors (Lipinski definition) is 3. The largest absolute Gasteiger partial charge is 0.380 e. The number of benzene rings is 1. The van der Waals surface area contributed by atoms with Gasteiger partial charge >= 0.3 is 0 Å². The lowest BCUT2D eigenvalue weighted by Gasteiger charge is -2.07. The highest BCUT2D eigenvalue weighted by molar-refractivity contribution is 6.30. The van der Waals surface area contributed by atoms with Crippen molar-refractivity contribution in [1.82, 2.24) is 15.1 Å². The van der Waals surface area contributed by atoms with E-state index in [1.54, 1.807) is 11.8 Å². The fourth-order valence-electron chi connectivity index (χ4n) is 2.20. The van der Waals surface area contributed by atoms with Gasteiger partial charge in [0.25, 0.3) is 0 Å². The Balaban J connectivity index is 1.94. The van der Waals surface area contributed by atoms with E-state index in [1.165, 1.54) is 11.1 Å². The van der Waals surface area contributed by atoms with E-state index in [1.807, 2.05) is 20.0 Å². The minimum Gasteiger partial charge on any atom is -0.380 e. The summed E-state index contributed by atoms with van der Waals surface area (Å²) in [5.41, 5.74) is 4.44. The predicted octanol–water partition coefficient (Wildman–Crippen LogP) is 2.82. The molecule has 0 radical (unpaired) electrons. The summed E-state index contributed by atoms with van der Waals surface area (Å²) >= 11 is 6.21. The smallest absolute Gasteiger partial charge is 0.131 e. The molecule has 0 saturated carbocycles. The molecular weight excluding hydrogens is 274 g/mol. The maximum Gasteiger partial charge on any atom is 0.131 e. The van der Waals surface area contributed by atoms with E-state index in [9.17, 15) is 0 Å². The first-order valence-corrected chi connectivity index (χ1v) is 6.95. The van der Waals surface area contributed by atoms with E-state index < -0.39 is 0 Å². The van der Waals surface area contributed by atoms with Gasteiger partial charge < -0.3 is 10.1 Å². The summed E-state index contributed by atoms with van der Waals surface area (Å²) in [6.45, 7) is 4.12. The molecule has 0 aliphatic carbocycles. The topological polar surface area (TPSA) is 39.1 Å². The molecule has 0 fully saturated rings. The monoisotopic (exact) mass is 293 g/mol. The van der Waals surface area contributed by atoms with Crippen LogP contribution in [0.2, 0.25) is 5.15 Å². The molecule has 2 aromatic rings. The van der Waals surface area contributed by atoms with Crippen LogP contribution in [0, 0.1) is 6.92 Å². The van der Waals surface area contributed by atoms with E-state index in [4.69, 9.17) is 16.3 Å². The zero-order chi connectivity index (χ0) is 14.5. The first-order chi connectivity index (χ1) is 9.61. The molecular formula is C15H20ClN3O. The van der Waals surface area contributed by atoms with Gasteiger partial charge in [-0.25, -0.2) is 0 Å². The predicted molar refractivity (Wildman–Crippen MR) is 80.7 cm³/mol. The molecule has 0 saturated heterocycles. The Labute approximate surface area is 124 Å². The summed E-state index contributed by atoms with van der Waals surface area (Å²) in [6.07, 6.45) is 0. The highest BCUT2D eigenvalue weighted by atomic mass is 35.5. The number of ether oxygens (including phenoxy) is 1. The van der Waals surface area contributed by atoms with Gasteiger partial charge in [0, 0.05) is 32.8 Å². The maximum absolute atomic E-state index is 6.21. The highest BCUT2D eigenvalue weighted by Crippen LogP contribution is 2.18. The molecule has 2 rings (SSSR count). The van der Waals surface area contributed by atoms with Crippen LogP contribution >= 0.6 is 11.6 Å². The van der Waals surface area contributed by atoms with Gasteiger partial charge in [0.05, 0.1) is 12.3 Å². The second-order valence-electron chi connectivity index (χ2n) is 4.83. The van der Waals surface area contributed by atoms with Crippen LogP contribution in [-0.4, -0.2) is 16.9 Å². The lowest BCUT2D eigenvalue weighted by molar-refractivity contribution is 0.185. The van der Waals surface area contributed by atoms with Gasteiger partial charge in [-0.1, -0.05) is 35.9 Å². The number of rotatable bonds is 6. The molecule has 1 N–H and O–H groups in total. The lowest BCUT2D eigenvalue weighted by Crippen LogP contribution is -2.13. The third kappa shape index (κ3) is 3.60. The molecule has 0 bridgehead atoms. The van der Waals surface area contributed by atoms with E-state index >= 15 is 0 Å². The summed E-state index contributed by atoms with van der Waals surface area (Å²) in [5.74, 6) is 0. The van der Waals surface area contributed by atoms with Gasteiger partial charge in [0.2, 0.25) is 0 Å². The van der Waals surface area contributed by atoms with Gasteiger partial charge in [-0.3, -0.25) is 4.68 Å². The van der Waals surface area contributed by atoms with Gasteiger partial charge in [0.1, 0.15) is 5.15 Å². The average molecular weight is 294 g/mol. The van der Waals surface area contributed by atoms with Gasteiger partial charge in [-0.2, -0.15) is 5.10 Å². The third-order valence-corrected chi connectivity index (χ3v) is 3.68. The van der Waals surface area contributed by atoms with Gasteiger partial charge in [-0.05, 0) is 18.1 Å². The van der Waals surface area contributed by atoms with E-state index in [0.29, 0.717) is 18.3 Å². The summed E-state index contributed by atoms with van der Waals surface area (Å²) in [7, 11) is 3.56. The van der Waals surface area contributed by atoms with Crippen molar-refractivity contribution < 1.29 is 4.74 Å². The molecule has 1 heterocycles. The van der Waals surface area contributed by atoms with Crippen LogP contribution < -0.4 is 5.32 Å². The van der Waals surface area contributed by atoms with E-state index in [-0.39, 0.29) is 0 Å². The second-order valence-corrected chi connectivity index (χ2v) is 5.19. The average Bonchev–Trinajstić information content (AvgIpc) is 2.66. The number of nitrogens with one attached hydrogen (secondary N) is 1. The summed E-state index contributed by atoms with van der Waals surface area (Å²) in [6, 6.07) is 8.36. The highest BCUT2D eigenvalue weighted by Gasteiger charge is 2.10. The Morgan fingerprint density at radius 2 is 2.05 bits per heavy atom. The minimum atomic E-state index is 0.640. The van der Waals surface area contributed by atoms with Gasteiger partial charge in [-0.15, -0.1) is 0 Å². The fourth-order valence-corrected chi connectivity index (χ4v) is 2.44. The van der Waals surface area contributed by atoms with Crippen molar-refractivity contribution in [3.63, 3.8) is 0 Å². The lowest BCUT2D eigenvalue weighted by atomic mass is 10.1.